The minimum Gasteiger partial charge on any atom is -0.493 e. The lowest BCUT2D eigenvalue weighted by Gasteiger charge is -2.26. The van der Waals surface area contributed by atoms with Crippen LogP contribution >= 0.6 is 15.9 Å². The van der Waals surface area contributed by atoms with Crippen molar-refractivity contribution in [2.45, 2.75) is 13.3 Å². The van der Waals surface area contributed by atoms with E-state index in [0.29, 0.717) is 30.2 Å². The zero-order chi connectivity index (χ0) is 17.5. The Morgan fingerprint density at radius 2 is 2.46 bits per heavy atom. The molecule has 2 rings (SSSR count). The molecule has 0 aliphatic carbocycles. The highest BCUT2D eigenvalue weighted by molar-refractivity contribution is 9.11. The van der Waals surface area contributed by atoms with Crippen LogP contribution in [0.3, 0.4) is 0 Å². The lowest BCUT2D eigenvalue weighted by atomic mass is 9.92. The molecule has 0 spiro atoms. The predicted molar refractivity (Wildman–Crippen MR) is 96.7 cm³/mol. The van der Waals surface area contributed by atoms with E-state index in [1.54, 1.807) is 18.5 Å². The van der Waals surface area contributed by atoms with Crippen molar-refractivity contribution < 1.29 is 14.3 Å². The third kappa shape index (κ3) is 4.39. The highest BCUT2D eigenvalue weighted by atomic mass is 79.9. The number of terminal acetylenes is 1. The van der Waals surface area contributed by atoms with Crippen LogP contribution in [0, 0.1) is 18.3 Å². The molecule has 2 heterocycles. The van der Waals surface area contributed by atoms with Gasteiger partial charge in [-0.3, -0.25) is 4.98 Å². The Balaban J connectivity index is 2.19. The van der Waals surface area contributed by atoms with Gasteiger partial charge in [0.15, 0.2) is 0 Å². The van der Waals surface area contributed by atoms with Crippen LogP contribution in [0.1, 0.15) is 23.7 Å². The lowest BCUT2D eigenvalue weighted by molar-refractivity contribution is 0.0601. The van der Waals surface area contributed by atoms with Crippen LogP contribution in [-0.4, -0.2) is 31.2 Å². The molecule has 1 N–H and O–H groups in total. The number of nitrogens with one attached hydrogen (secondary N) is 1. The summed E-state index contributed by atoms with van der Waals surface area (Å²) < 4.78 is 11.4. The first-order valence-electron chi connectivity index (χ1n) is 7.50. The summed E-state index contributed by atoms with van der Waals surface area (Å²) in [5.74, 6) is 3.16. The molecule has 1 aromatic rings. The molecule has 1 unspecified atom stereocenters. The second kappa shape index (κ2) is 8.55. The maximum Gasteiger partial charge on any atom is 0.340 e. The number of ether oxygens (including phenoxy) is 2. The summed E-state index contributed by atoms with van der Waals surface area (Å²) in [4.78, 5) is 15.9. The molecule has 0 amide bonds. The number of allylic oxidation sites excluding steroid dienone is 2. The van der Waals surface area contributed by atoms with Gasteiger partial charge < -0.3 is 14.8 Å². The van der Waals surface area contributed by atoms with Crippen molar-refractivity contribution in [3.63, 3.8) is 0 Å². The van der Waals surface area contributed by atoms with Gasteiger partial charge in [-0.05, 0) is 30.0 Å². The lowest BCUT2D eigenvalue weighted by Crippen LogP contribution is -2.24. The van der Waals surface area contributed by atoms with Crippen molar-refractivity contribution >= 4 is 27.6 Å². The van der Waals surface area contributed by atoms with Crippen LogP contribution < -0.4 is 5.32 Å². The Hall–Kier alpha value is -2.26. The van der Waals surface area contributed by atoms with Gasteiger partial charge in [0, 0.05) is 24.2 Å². The number of aromatic nitrogens is 1. The summed E-state index contributed by atoms with van der Waals surface area (Å²) in [6.45, 7) is 3.10. The summed E-state index contributed by atoms with van der Waals surface area (Å²) in [6.07, 6.45) is 11.5. The highest BCUT2D eigenvalue weighted by Crippen LogP contribution is 2.28. The second-order valence-electron chi connectivity index (χ2n) is 5.28. The van der Waals surface area contributed by atoms with E-state index >= 15 is 0 Å². The number of rotatable bonds is 5. The number of halogens is 1. The summed E-state index contributed by atoms with van der Waals surface area (Å²) >= 11 is 3.40. The summed E-state index contributed by atoms with van der Waals surface area (Å²) in [7, 11) is 1.35. The van der Waals surface area contributed by atoms with Gasteiger partial charge in [-0.25, -0.2) is 4.79 Å². The molecule has 5 nitrogen and oxygen atoms in total. The number of esters is 1. The van der Waals surface area contributed by atoms with Crippen molar-refractivity contribution in [3.05, 3.63) is 45.9 Å². The monoisotopic (exact) mass is 390 g/mol. The molecular formula is C18H19BrN2O3. The normalized spacial score (nSPS) is 17.8. The first kappa shape index (κ1) is 18.1. The van der Waals surface area contributed by atoms with Gasteiger partial charge in [0.2, 0.25) is 0 Å². The van der Waals surface area contributed by atoms with E-state index in [0.717, 1.165) is 16.5 Å². The number of methoxy groups -OCH3 is 1. The average molecular weight is 391 g/mol. The fourth-order valence-electron chi connectivity index (χ4n) is 2.48. The molecule has 1 aliphatic rings. The maximum atomic E-state index is 11.8. The van der Waals surface area contributed by atoms with Crippen molar-refractivity contribution in [1.29, 1.82) is 0 Å². The van der Waals surface area contributed by atoms with E-state index in [-0.39, 0.29) is 5.92 Å². The fraction of sp³-hybridized carbons (Fsp3) is 0.333. The fourth-order valence-corrected chi connectivity index (χ4v) is 2.69. The van der Waals surface area contributed by atoms with Gasteiger partial charge in [0.05, 0.1) is 31.2 Å². The van der Waals surface area contributed by atoms with Crippen molar-refractivity contribution in [2.24, 2.45) is 5.92 Å². The summed E-state index contributed by atoms with van der Waals surface area (Å²) in [6, 6.07) is 1.62. The minimum absolute atomic E-state index is 0.118. The van der Waals surface area contributed by atoms with Crippen LogP contribution in [0.4, 0.5) is 5.69 Å². The molecule has 6 heteroatoms. The number of nitrogens with zero attached hydrogens (tertiary/aromatic N) is 1. The molecule has 0 aromatic carbocycles. The summed E-state index contributed by atoms with van der Waals surface area (Å²) in [5.41, 5.74) is 1.89. The van der Waals surface area contributed by atoms with Gasteiger partial charge >= 0.3 is 5.97 Å². The quantitative estimate of drug-likeness (QED) is 0.615. The highest BCUT2D eigenvalue weighted by Gasteiger charge is 2.23. The number of carbonyl (C=O) groups is 1. The van der Waals surface area contributed by atoms with Gasteiger partial charge in [0.25, 0.3) is 0 Å². The minimum atomic E-state index is -0.405. The molecule has 0 radical (unpaired) electrons. The van der Waals surface area contributed by atoms with E-state index in [1.807, 2.05) is 13.0 Å². The first-order chi connectivity index (χ1) is 11.6. The Kier molecular flexibility index (Phi) is 6.44. The molecule has 0 fully saturated rings. The van der Waals surface area contributed by atoms with Crippen LogP contribution in [0.25, 0.3) is 0 Å². The predicted octanol–water partition coefficient (Wildman–Crippen LogP) is 3.50. The van der Waals surface area contributed by atoms with Crippen LogP contribution in [0.5, 0.6) is 0 Å². The molecule has 0 bridgehead atoms. The largest absolute Gasteiger partial charge is 0.493 e. The smallest absolute Gasteiger partial charge is 0.340 e. The Morgan fingerprint density at radius 3 is 3.12 bits per heavy atom. The van der Waals surface area contributed by atoms with Crippen molar-refractivity contribution in [2.75, 3.05) is 25.6 Å². The molecule has 126 valence electrons. The zero-order valence-electron chi connectivity index (χ0n) is 13.6. The molecule has 24 heavy (non-hydrogen) atoms. The van der Waals surface area contributed by atoms with Gasteiger partial charge in [0.1, 0.15) is 5.76 Å². The number of hydrogen-bond acceptors (Lipinski definition) is 5. The third-order valence-corrected chi connectivity index (χ3v) is 3.88. The summed E-state index contributed by atoms with van der Waals surface area (Å²) in [5, 5.41) is 3.26. The molecular weight excluding hydrogens is 372 g/mol. The van der Waals surface area contributed by atoms with Crippen molar-refractivity contribution in [1.82, 2.24) is 4.98 Å². The van der Waals surface area contributed by atoms with Crippen LogP contribution in [0.15, 0.2) is 40.4 Å². The number of anilines is 1. The molecule has 1 atom stereocenters. The first-order valence-corrected chi connectivity index (χ1v) is 8.29. The van der Waals surface area contributed by atoms with E-state index < -0.39 is 5.97 Å². The van der Waals surface area contributed by atoms with E-state index in [1.165, 1.54) is 7.11 Å². The standard InChI is InChI=1S/C18H19BrN2O3/c1-4-14-13(6-8-24-17(14)9-12(2)19)10-21-16-11-20-7-5-15(16)18(22)23-3/h1,5,7,9,11,13,21H,6,8,10H2,2-3H3/b12-9+. The SMILES string of the molecule is C#CC1=C(/C=C(\C)Br)OCCC1CNc1cnccc1C(=O)OC. The average Bonchev–Trinajstić information content (AvgIpc) is 2.59. The molecule has 0 saturated heterocycles. The van der Waals surface area contributed by atoms with Gasteiger partial charge in [-0.1, -0.05) is 21.9 Å². The van der Waals surface area contributed by atoms with E-state index in [9.17, 15) is 4.79 Å². The van der Waals surface area contributed by atoms with Gasteiger partial charge in [-0.15, -0.1) is 6.42 Å². The van der Waals surface area contributed by atoms with Gasteiger partial charge in [-0.2, -0.15) is 0 Å². The second-order valence-corrected chi connectivity index (χ2v) is 6.53. The Bertz CT molecular complexity index is 715. The zero-order valence-corrected chi connectivity index (χ0v) is 15.2. The topological polar surface area (TPSA) is 60.5 Å². The van der Waals surface area contributed by atoms with Crippen molar-refractivity contribution in [3.8, 4) is 12.3 Å². The van der Waals surface area contributed by atoms with E-state index in [2.05, 4.69) is 32.2 Å². The van der Waals surface area contributed by atoms with Crippen LogP contribution in [0.2, 0.25) is 0 Å². The Labute approximate surface area is 150 Å². The number of carbonyl (C=O) groups excluding carboxylic acids is 1. The van der Waals surface area contributed by atoms with Crippen LogP contribution in [-0.2, 0) is 9.47 Å². The Morgan fingerprint density at radius 1 is 1.67 bits per heavy atom. The maximum absolute atomic E-state index is 11.8. The molecule has 1 aliphatic heterocycles. The number of hydrogen-bond donors (Lipinski definition) is 1. The number of pyridine rings is 1. The van der Waals surface area contributed by atoms with E-state index in [4.69, 9.17) is 15.9 Å². The third-order valence-electron chi connectivity index (χ3n) is 3.65. The molecule has 1 aromatic heterocycles. The molecule has 0 saturated carbocycles.